The number of amides is 2. The van der Waals surface area contributed by atoms with E-state index in [2.05, 4.69) is 5.32 Å². The molecule has 0 aliphatic carbocycles. The number of carbonyl (C=O) groups is 2. The molecule has 0 radical (unpaired) electrons. The third kappa shape index (κ3) is 2.78. The molecule has 0 aromatic heterocycles. The van der Waals surface area contributed by atoms with Crippen LogP contribution in [0.1, 0.15) is 12.8 Å². The van der Waals surface area contributed by atoms with Gasteiger partial charge in [-0.25, -0.2) is 0 Å². The van der Waals surface area contributed by atoms with Gasteiger partial charge in [0, 0.05) is 37.0 Å². The number of likely N-dealkylation sites (N-methyl/N-ethyl adjacent to an activating group) is 1. The highest BCUT2D eigenvalue weighted by Crippen LogP contribution is 2.24. The van der Waals surface area contributed by atoms with Crippen molar-refractivity contribution in [1.29, 1.82) is 0 Å². The van der Waals surface area contributed by atoms with Gasteiger partial charge in [-0.05, 0) is 12.5 Å². The van der Waals surface area contributed by atoms with Crippen molar-refractivity contribution in [2.75, 3.05) is 25.2 Å². The fourth-order valence-electron chi connectivity index (χ4n) is 2.07. The number of benzene rings is 1. The second-order valence-electron chi connectivity index (χ2n) is 4.52. The van der Waals surface area contributed by atoms with Crippen LogP contribution in [0, 0.1) is 0 Å². The molecule has 1 aliphatic rings. The summed E-state index contributed by atoms with van der Waals surface area (Å²) in [6.45, 7) is 0. The Bertz CT molecular complexity index is 516. The molecule has 2 rings (SSSR count). The number of likely N-dealkylation sites (tertiary alicyclic amines) is 1. The molecular formula is C13H17N3O3. The average molecular weight is 263 g/mol. The van der Waals surface area contributed by atoms with Crippen LogP contribution in [-0.2, 0) is 9.59 Å². The number of rotatable bonds is 3. The fraction of sp³-hybridized carbons (Fsp3) is 0.385. The molecule has 19 heavy (non-hydrogen) atoms. The molecule has 3 N–H and O–H groups in total. The summed E-state index contributed by atoms with van der Waals surface area (Å²) in [4.78, 5) is 24.5. The third-order valence-corrected chi connectivity index (χ3v) is 3.16. The Labute approximate surface area is 111 Å². The van der Waals surface area contributed by atoms with Gasteiger partial charge in [0.1, 0.15) is 11.8 Å². The van der Waals surface area contributed by atoms with Crippen LogP contribution in [0.25, 0.3) is 0 Å². The minimum atomic E-state index is -0.408. The van der Waals surface area contributed by atoms with E-state index in [-0.39, 0.29) is 11.8 Å². The van der Waals surface area contributed by atoms with Crippen molar-refractivity contribution in [2.45, 2.75) is 18.9 Å². The first kappa shape index (κ1) is 13.2. The van der Waals surface area contributed by atoms with Gasteiger partial charge in [-0.3, -0.25) is 14.5 Å². The summed E-state index contributed by atoms with van der Waals surface area (Å²) in [5, 5.41) is 3.09. The summed E-state index contributed by atoms with van der Waals surface area (Å²) in [6.07, 6.45) is 0.846. The first-order chi connectivity index (χ1) is 9.01. The predicted octanol–water partition coefficient (Wildman–Crippen LogP) is 0.837. The van der Waals surface area contributed by atoms with E-state index in [9.17, 15) is 9.59 Å². The van der Waals surface area contributed by atoms with E-state index in [1.54, 1.807) is 25.3 Å². The van der Waals surface area contributed by atoms with Crippen molar-refractivity contribution in [3.05, 3.63) is 18.2 Å². The topological polar surface area (TPSA) is 84.7 Å². The number of hydrogen-bond acceptors (Lipinski definition) is 5. The van der Waals surface area contributed by atoms with Crippen LogP contribution in [0.3, 0.4) is 0 Å². The zero-order chi connectivity index (χ0) is 14.0. The maximum absolute atomic E-state index is 12.0. The molecule has 1 aromatic rings. The van der Waals surface area contributed by atoms with Crippen molar-refractivity contribution in [3.63, 3.8) is 0 Å². The largest absolute Gasteiger partial charge is 0.497 e. The Hall–Kier alpha value is -2.24. The first-order valence-electron chi connectivity index (χ1n) is 6.02. The van der Waals surface area contributed by atoms with E-state index in [1.165, 1.54) is 7.05 Å². The molecule has 0 saturated carbocycles. The summed E-state index contributed by atoms with van der Waals surface area (Å²) in [5.74, 6) is 0.251. The van der Waals surface area contributed by atoms with Crippen molar-refractivity contribution >= 4 is 23.2 Å². The number of hydrogen-bond donors (Lipinski definition) is 2. The van der Waals surface area contributed by atoms with Gasteiger partial charge in [-0.2, -0.15) is 0 Å². The molecule has 1 atom stereocenters. The smallest absolute Gasteiger partial charge is 0.251 e. The highest BCUT2D eigenvalue weighted by Gasteiger charge is 2.31. The van der Waals surface area contributed by atoms with Crippen molar-refractivity contribution in [1.82, 2.24) is 4.90 Å². The highest BCUT2D eigenvalue weighted by atomic mass is 16.5. The Kier molecular flexibility index (Phi) is 3.59. The molecule has 1 saturated heterocycles. The Morgan fingerprint density at radius 3 is 2.79 bits per heavy atom. The van der Waals surface area contributed by atoms with Gasteiger partial charge in [0.25, 0.3) is 5.91 Å². The summed E-state index contributed by atoms with van der Waals surface area (Å²) in [5.41, 5.74) is 7.01. The van der Waals surface area contributed by atoms with Crippen molar-refractivity contribution in [3.8, 4) is 5.75 Å². The van der Waals surface area contributed by atoms with E-state index >= 15 is 0 Å². The number of methoxy groups -OCH3 is 1. The molecular weight excluding hydrogens is 246 g/mol. The molecule has 6 heteroatoms. The number of imide groups is 1. The quantitative estimate of drug-likeness (QED) is 0.623. The van der Waals surface area contributed by atoms with Crippen LogP contribution < -0.4 is 15.8 Å². The molecule has 1 heterocycles. The molecule has 6 nitrogen and oxygen atoms in total. The van der Waals surface area contributed by atoms with Gasteiger partial charge in [-0.15, -0.1) is 0 Å². The van der Waals surface area contributed by atoms with Crippen LogP contribution in [-0.4, -0.2) is 36.9 Å². The number of nitrogens with one attached hydrogen (secondary N) is 1. The molecule has 1 aliphatic heterocycles. The predicted molar refractivity (Wildman–Crippen MR) is 71.8 cm³/mol. The minimum absolute atomic E-state index is 0.145. The Morgan fingerprint density at radius 1 is 1.37 bits per heavy atom. The van der Waals surface area contributed by atoms with Crippen molar-refractivity contribution < 1.29 is 14.3 Å². The molecule has 0 spiro atoms. The van der Waals surface area contributed by atoms with Crippen LogP contribution in [0.5, 0.6) is 5.75 Å². The third-order valence-electron chi connectivity index (χ3n) is 3.16. The molecule has 2 amide bonds. The number of nitrogens with zero attached hydrogens (tertiary/aromatic N) is 1. The van der Waals surface area contributed by atoms with Gasteiger partial charge >= 0.3 is 0 Å². The van der Waals surface area contributed by atoms with Crippen LogP contribution in [0.15, 0.2) is 18.2 Å². The SMILES string of the molecule is COc1cc(N)cc(NC2CCC(=O)N(C)C2=O)c1. The first-order valence-corrected chi connectivity index (χ1v) is 6.02. The van der Waals surface area contributed by atoms with Gasteiger partial charge in [0.05, 0.1) is 7.11 Å². The lowest BCUT2D eigenvalue weighted by Crippen LogP contribution is -2.48. The number of piperidine rings is 1. The Balaban J connectivity index is 2.15. The van der Waals surface area contributed by atoms with Crippen LogP contribution in [0.2, 0.25) is 0 Å². The molecule has 1 fully saturated rings. The second-order valence-corrected chi connectivity index (χ2v) is 4.52. The minimum Gasteiger partial charge on any atom is -0.497 e. The highest BCUT2D eigenvalue weighted by molar-refractivity contribution is 6.01. The van der Waals surface area contributed by atoms with E-state index in [4.69, 9.17) is 10.5 Å². The van der Waals surface area contributed by atoms with Gasteiger partial charge in [-0.1, -0.05) is 0 Å². The van der Waals surface area contributed by atoms with E-state index in [0.717, 1.165) is 4.90 Å². The summed E-state index contributed by atoms with van der Waals surface area (Å²) in [7, 11) is 3.05. The lowest BCUT2D eigenvalue weighted by molar-refractivity contribution is -0.146. The fourth-order valence-corrected chi connectivity index (χ4v) is 2.07. The van der Waals surface area contributed by atoms with Crippen LogP contribution in [0.4, 0.5) is 11.4 Å². The van der Waals surface area contributed by atoms with Gasteiger partial charge < -0.3 is 15.8 Å². The maximum Gasteiger partial charge on any atom is 0.251 e. The summed E-state index contributed by atoms with van der Waals surface area (Å²) in [6, 6.07) is 4.78. The number of ether oxygens (including phenoxy) is 1. The second kappa shape index (κ2) is 5.17. The van der Waals surface area contributed by atoms with Crippen molar-refractivity contribution in [2.24, 2.45) is 0 Å². The summed E-state index contributed by atoms with van der Waals surface area (Å²) >= 11 is 0. The molecule has 0 bridgehead atoms. The molecule has 102 valence electrons. The number of anilines is 2. The molecule has 1 aromatic carbocycles. The van der Waals surface area contributed by atoms with E-state index < -0.39 is 6.04 Å². The zero-order valence-electron chi connectivity index (χ0n) is 11.0. The summed E-state index contributed by atoms with van der Waals surface area (Å²) < 4.78 is 5.12. The number of carbonyl (C=O) groups excluding carboxylic acids is 2. The average Bonchev–Trinajstić information content (AvgIpc) is 2.39. The zero-order valence-corrected chi connectivity index (χ0v) is 11.0. The van der Waals surface area contributed by atoms with Gasteiger partial charge in [0.2, 0.25) is 5.91 Å². The lowest BCUT2D eigenvalue weighted by Gasteiger charge is -2.29. The number of nitrogen functional groups attached to an aromatic ring is 1. The normalized spacial score (nSPS) is 19.5. The Morgan fingerprint density at radius 2 is 2.11 bits per heavy atom. The van der Waals surface area contributed by atoms with E-state index in [1.807, 2.05) is 0 Å². The maximum atomic E-state index is 12.0. The monoisotopic (exact) mass is 263 g/mol. The van der Waals surface area contributed by atoms with Crippen LogP contribution >= 0.6 is 0 Å². The number of nitrogens with two attached hydrogens (primary N) is 1. The standard InChI is InChI=1S/C13H17N3O3/c1-16-12(17)4-3-11(13(16)18)15-9-5-8(14)6-10(7-9)19-2/h5-7,11,15H,3-4,14H2,1-2H3. The molecule has 1 unspecified atom stereocenters. The lowest BCUT2D eigenvalue weighted by atomic mass is 10.0. The van der Waals surface area contributed by atoms with E-state index in [0.29, 0.717) is 30.0 Å². The van der Waals surface area contributed by atoms with Gasteiger partial charge in [0.15, 0.2) is 0 Å².